The molecule has 2 atom stereocenters. The molecule has 1 aliphatic rings. The molecule has 4 N–H and O–H groups in total. The number of carbonyl (C=O) groups excluding carboxylic acids is 3. The number of hydrogen-bond acceptors (Lipinski definition) is 5. The summed E-state index contributed by atoms with van der Waals surface area (Å²) in [4.78, 5) is 35.9. The normalized spacial score (nSPS) is 16.6. The van der Waals surface area contributed by atoms with Gasteiger partial charge >= 0.3 is 5.97 Å². The van der Waals surface area contributed by atoms with E-state index in [4.69, 9.17) is 10.5 Å². The van der Waals surface area contributed by atoms with Crippen molar-refractivity contribution in [1.82, 2.24) is 5.32 Å². The zero-order chi connectivity index (χ0) is 21.4. The second-order valence-electron chi connectivity index (χ2n) is 7.43. The van der Waals surface area contributed by atoms with Gasteiger partial charge in [-0.1, -0.05) is 32.3 Å². The van der Waals surface area contributed by atoms with Gasteiger partial charge in [0.2, 0.25) is 11.8 Å². The predicted molar refractivity (Wildman–Crippen MR) is 108 cm³/mol. The summed E-state index contributed by atoms with van der Waals surface area (Å²) in [6.45, 7) is 1.67. The molecule has 1 fully saturated rings. The first kappa shape index (κ1) is 22.8. The highest BCUT2D eigenvalue weighted by atomic mass is 19.1. The van der Waals surface area contributed by atoms with E-state index in [2.05, 4.69) is 10.6 Å². The standard InChI is InChI=1S/C21H30FN3O4/c1-3-18(26)24-17(21(28)29-2)12-13-9-10-16(15(22)11-13)25-20(27)19(23)14-7-5-4-6-8-14/h9-11,14,17,19H,3-8,12,23H2,1-2H3,(H,24,26)(H,25,27)/t17-,19+/m1/s1. The summed E-state index contributed by atoms with van der Waals surface area (Å²) in [5.74, 6) is -1.82. The highest BCUT2D eigenvalue weighted by molar-refractivity contribution is 5.95. The molecule has 1 aromatic carbocycles. The van der Waals surface area contributed by atoms with E-state index in [1.807, 2.05) is 0 Å². The number of nitrogens with two attached hydrogens (primary N) is 1. The van der Waals surface area contributed by atoms with Crippen LogP contribution in [0.3, 0.4) is 0 Å². The maximum atomic E-state index is 14.5. The van der Waals surface area contributed by atoms with Crippen molar-refractivity contribution in [3.63, 3.8) is 0 Å². The minimum Gasteiger partial charge on any atom is -0.467 e. The van der Waals surface area contributed by atoms with E-state index in [0.29, 0.717) is 5.56 Å². The Labute approximate surface area is 170 Å². The molecular formula is C21H30FN3O4. The lowest BCUT2D eigenvalue weighted by molar-refractivity contribution is -0.145. The second-order valence-corrected chi connectivity index (χ2v) is 7.43. The van der Waals surface area contributed by atoms with Crippen molar-refractivity contribution in [2.45, 2.75) is 64.0 Å². The van der Waals surface area contributed by atoms with Gasteiger partial charge in [-0.2, -0.15) is 0 Å². The molecule has 1 aliphatic carbocycles. The van der Waals surface area contributed by atoms with Crippen LogP contribution in [-0.2, 0) is 25.5 Å². The van der Waals surface area contributed by atoms with Crippen molar-refractivity contribution < 1.29 is 23.5 Å². The first-order valence-electron chi connectivity index (χ1n) is 10.1. The molecule has 2 rings (SSSR count). The van der Waals surface area contributed by atoms with Gasteiger partial charge in [0.15, 0.2) is 0 Å². The van der Waals surface area contributed by atoms with Gasteiger partial charge in [-0.25, -0.2) is 9.18 Å². The van der Waals surface area contributed by atoms with Crippen LogP contribution >= 0.6 is 0 Å². The first-order valence-corrected chi connectivity index (χ1v) is 10.1. The molecule has 1 aromatic rings. The Hall–Kier alpha value is -2.48. The molecule has 29 heavy (non-hydrogen) atoms. The number of ether oxygens (including phenoxy) is 1. The minimum absolute atomic E-state index is 0.0391. The van der Waals surface area contributed by atoms with Crippen molar-refractivity contribution in [3.8, 4) is 0 Å². The number of halogens is 1. The molecule has 7 nitrogen and oxygen atoms in total. The molecule has 2 amide bonds. The fraction of sp³-hybridized carbons (Fsp3) is 0.571. The van der Waals surface area contributed by atoms with Crippen molar-refractivity contribution >= 4 is 23.5 Å². The number of methoxy groups -OCH3 is 1. The molecule has 0 heterocycles. The summed E-state index contributed by atoms with van der Waals surface area (Å²) in [6, 6.07) is 2.69. The Bertz CT molecular complexity index is 735. The van der Waals surface area contributed by atoms with Crippen LogP contribution in [0.2, 0.25) is 0 Å². The lowest BCUT2D eigenvalue weighted by atomic mass is 9.84. The Morgan fingerprint density at radius 2 is 1.93 bits per heavy atom. The maximum absolute atomic E-state index is 14.5. The molecule has 0 radical (unpaired) electrons. The van der Waals surface area contributed by atoms with Gasteiger partial charge in [-0.3, -0.25) is 9.59 Å². The van der Waals surface area contributed by atoms with Gasteiger partial charge < -0.3 is 21.1 Å². The molecule has 8 heteroatoms. The summed E-state index contributed by atoms with van der Waals surface area (Å²) in [5.41, 5.74) is 6.60. The number of nitrogens with one attached hydrogen (secondary N) is 2. The Kier molecular flexibility index (Phi) is 8.57. The molecule has 160 valence electrons. The van der Waals surface area contributed by atoms with E-state index in [9.17, 15) is 18.8 Å². The fourth-order valence-electron chi connectivity index (χ4n) is 3.58. The molecule has 0 saturated heterocycles. The van der Waals surface area contributed by atoms with Gasteiger partial charge in [0.1, 0.15) is 11.9 Å². The molecule has 0 bridgehead atoms. The maximum Gasteiger partial charge on any atom is 0.328 e. The van der Waals surface area contributed by atoms with Crippen LogP contribution in [0.4, 0.5) is 10.1 Å². The monoisotopic (exact) mass is 407 g/mol. The Balaban J connectivity index is 2.03. The van der Waals surface area contributed by atoms with Gasteiger partial charge in [-0.05, 0) is 36.5 Å². The van der Waals surface area contributed by atoms with E-state index in [1.165, 1.54) is 19.2 Å². The largest absolute Gasteiger partial charge is 0.467 e. The third kappa shape index (κ3) is 6.52. The Morgan fingerprint density at radius 3 is 2.52 bits per heavy atom. The lowest BCUT2D eigenvalue weighted by Gasteiger charge is -2.26. The summed E-state index contributed by atoms with van der Waals surface area (Å²) >= 11 is 0. The number of esters is 1. The van der Waals surface area contributed by atoms with Crippen LogP contribution in [0.1, 0.15) is 51.0 Å². The van der Waals surface area contributed by atoms with Crippen molar-refractivity contribution in [2.75, 3.05) is 12.4 Å². The number of amides is 2. The quantitative estimate of drug-likeness (QED) is 0.573. The van der Waals surface area contributed by atoms with E-state index in [1.54, 1.807) is 13.0 Å². The van der Waals surface area contributed by atoms with E-state index < -0.39 is 29.8 Å². The van der Waals surface area contributed by atoms with Crippen molar-refractivity contribution in [2.24, 2.45) is 11.7 Å². The number of anilines is 1. The number of benzene rings is 1. The third-order valence-electron chi connectivity index (χ3n) is 5.33. The SMILES string of the molecule is CCC(=O)N[C@H](Cc1ccc(NC(=O)[C@@H](N)C2CCCCC2)c(F)c1)C(=O)OC. The van der Waals surface area contributed by atoms with E-state index in [0.717, 1.165) is 32.1 Å². The summed E-state index contributed by atoms with van der Waals surface area (Å²) in [5, 5.41) is 5.12. The number of hydrogen-bond donors (Lipinski definition) is 3. The average molecular weight is 407 g/mol. The third-order valence-corrected chi connectivity index (χ3v) is 5.33. The number of carbonyl (C=O) groups is 3. The van der Waals surface area contributed by atoms with Crippen LogP contribution in [0.15, 0.2) is 18.2 Å². The summed E-state index contributed by atoms with van der Waals surface area (Å²) in [7, 11) is 1.22. The number of rotatable bonds is 8. The highest BCUT2D eigenvalue weighted by Crippen LogP contribution is 2.26. The average Bonchev–Trinajstić information content (AvgIpc) is 2.74. The molecule has 0 aromatic heterocycles. The predicted octanol–water partition coefficient (Wildman–Crippen LogP) is 2.28. The van der Waals surface area contributed by atoms with Crippen LogP contribution in [0, 0.1) is 11.7 Å². The fourth-order valence-corrected chi connectivity index (χ4v) is 3.58. The molecule has 0 unspecified atom stereocenters. The highest BCUT2D eigenvalue weighted by Gasteiger charge is 2.27. The van der Waals surface area contributed by atoms with Crippen LogP contribution in [-0.4, -0.2) is 37.0 Å². The molecular weight excluding hydrogens is 377 g/mol. The summed E-state index contributed by atoms with van der Waals surface area (Å²) in [6.07, 6.45) is 5.39. The van der Waals surface area contributed by atoms with Crippen LogP contribution < -0.4 is 16.4 Å². The minimum atomic E-state index is -0.910. The molecule has 1 saturated carbocycles. The van der Waals surface area contributed by atoms with Gasteiger partial charge in [0.25, 0.3) is 0 Å². The van der Waals surface area contributed by atoms with Crippen LogP contribution in [0.5, 0.6) is 0 Å². The van der Waals surface area contributed by atoms with E-state index in [-0.39, 0.29) is 30.4 Å². The topological polar surface area (TPSA) is 111 Å². The van der Waals surface area contributed by atoms with Crippen molar-refractivity contribution in [3.05, 3.63) is 29.6 Å². The zero-order valence-electron chi connectivity index (χ0n) is 17.0. The smallest absolute Gasteiger partial charge is 0.328 e. The van der Waals surface area contributed by atoms with Gasteiger partial charge in [0.05, 0.1) is 18.8 Å². The first-order chi connectivity index (χ1) is 13.8. The van der Waals surface area contributed by atoms with Crippen LogP contribution in [0.25, 0.3) is 0 Å². The molecule has 0 spiro atoms. The van der Waals surface area contributed by atoms with Gasteiger partial charge in [0, 0.05) is 12.8 Å². The zero-order valence-corrected chi connectivity index (χ0v) is 17.0. The Morgan fingerprint density at radius 1 is 1.24 bits per heavy atom. The van der Waals surface area contributed by atoms with Crippen molar-refractivity contribution in [1.29, 1.82) is 0 Å². The second kappa shape index (κ2) is 10.9. The van der Waals surface area contributed by atoms with Gasteiger partial charge in [-0.15, -0.1) is 0 Å². The summed E-state index contributed by atoms with van der Waals surface area (Å²) < 4.78 is 19.2. The van der Waals surface area contributed by atoms with E-state index >= 15 is 0 Å². The molecule has 0 aliphatic heterocycles. The lowest BCUT2D eigenvalue weighted by Crippen LogP contribution is -2.43.